The van der Waals surface area contributed by atoms with Crippen molar-refractivity contribution in [3.63, 3.8) is 0 Å². The van der Waals surface area contributed by atoms with Crippen LogP contribution in [0.2, 0.25) is 0 Å². The summed E-state index contributed by atoms with van der Waals surface area (Å²) in [7, 11) is -3.47. The van der Waals surface area contributed by atoms with Crippen molar-refractivity contribution in [3.05, 3.63) is 29.8 Å². The van der Waals surface area contributed by atoms with E-state index in [4.69, 9.17) is 0 Å². The summed E-state index contributed by atoms with van der Waals surface area (Å²) in [5, 5.41) is 2.68. The number of rotatable bonds is 11. The SMILES string of the molecule is CCNC(=O)CN(CC)C(=O)CCc1ccc(S(=O)(=O)N(CC)CC)cc1. The second-order valence-electron chi connectivity index (χ2n) is 6.09. The fourth-order valence-corrected chi connectivity index (χ4v) is 4.21. The molecule has 8 heteroatoms. The normalized spacial score (nSPS) is 11.4. The fraction of sp³-hybridized carbons (Fsp3) is 0.579. The van der Waals surface area contributed by atoms with Gasteiger partial charge in [-0.25, -0.2) is 8.42 Å². The summed E-state index contributed by atoms with van der Waals surface area (Å²) < 4.78 is 26.4. The standard InChI is InChI=1S/C19H31N3O4S/c1-5-20-18(23)15-21(6-2)19(24)14-11-16-9-12-17(13-10-16)27(25,26)22(7-3)8-4/h9-10,12-13H,5-8,11,14-15H2,1-4H3,(H,20,23). The Hall–Kier alpha value is -1.93. The maximum Gasteiger partial charge on any atom is 0.243 e. The summed E-state index contributed by atoms with van der Waals surface area (Å²) in [6.45, 7) is 9.20. The summed E-state index contributed by atoms with van der Waals surface area (Å²) in [4.78, 5) is 25.8. The summed E-state index contributed by atoms with van der Waals surface area (Å²) >= 11 is 0. The van der Waals surface area contributed by atoms with Crippen LogP contribution in [0.4, 0.5) is 0 Å². The van der Waals surface area contributed by atoms with Crippen molar-refractivity contribution in [1.82, 2.24) is 14.5 Å². The van der Waals surface area contributed by atoms with Gasteiger partial charge in [-0.1, -0.05) is 26.0 Å². The van der Waals surface area contributed by atoms with Crippen molar-refractivity contribution in [1.29, 1.82) is 0 Å². The highest BCUT2D eigenvalue weighted by atomic mass is 32.2. The third kappa shape index (κ3) is 6.62. The second kappa shape index (κ2) is 11.0. The highest BCUT2D eigenvalue weighted by molar-refractivity contribution is 7.89. The van der Waals surface area contributed by atoms with E-state index in [0.717, 1.165) is 5.56 Å². The van der Waals surface area contributed by atoms with Crippen molar-refractivity contribution >= 4 is 21.8 Å². The summed E-state index contributed by atoms with van der Waals surface area (Å²) in [5.41, 5.74) is 0.885. The minimum atomic E-state index is -3.47. The van der Waals surface area contributed by atoms with Gasteiger partial charge in [-0.05, 0) is 38.0 Å². The average Bonchev–Trinajstić information content (AvgIpc) is 2.65. The molecule has 0 saturated carbocycles. The van der Waals surface area contributed by atoms with E-state index < -0.39 is 10.0 Å². The van der Waals surface area contributed by atoms with Crippen LogP contribution in [0.25, 0.3) is 0 Å². The monoisotopic (exact) mass is 397 g/mol. The number of sulfonamides is 1. The van der Waals surface area contributed by atoms with Crippen LogP contribution in [0.1, 0.15) is 39.7 Å². The summed E-state index contributed by atoms with van der Waals surface area (Å²) in [6, 6.07) is 6.65. The number of carbonyl (C=O) groups is 2. The number of benzene rings is 1. The van der Waals surface area contributed by atoms with Crippen LogP contribution < -0.4 is 5.32 Å². The van der Waals surface area contributed by atoms with Gasteiger partial charge < -0.3 is 10.2 Å². The van der Waals surface area contributed by atoms with Crippen LogP contribution in [-0.4, -0.2) is 62.2 Å². The third-order valence-corrected chi connectivity index (χ3v) is 6.40. The zero-order valence-corrected chi connectivity index (χ0v) is 17.5. The number of aryl methyl sites for hydroxylation is 1. The second-order valence-corrected chi connectivity index (χ2v) is 8.03. The molecule has 27 heavy (non-hydrogen) atoms. The first-order chi connectivity index (χ1) is 12.8. The first kappa shape index (κ1) is 23.1. The van der Waals surface area contributed by atoms with Crippen molar-refractivity contribution in [2.45, 2.75) is 45.4 Å². The molecule has 0 aliphatic heterocycles. The van der Waals surface area contributed by atoms with Gasteiger partial charge in [-0.2, -0.15) is 4.31 Å². The maximum atomic E-state index is 12.5. The number of carbonyl (C=O) groups excluding carboxylic acids is 2. The first-order valence-corrected chi connectivity index (χ1v) is 10.9. The van der Waals surface area contributed by atoms with Gasteiger partial charge in [0.15, 0.2) is 0 Å². The van der Waals surface area contributed by atoms with E-state index in [2.05, 4.69) is 5.32 Å². The lowest BCUT2D eigenvalue weighted by atomic mass is 10.1. The molecule has 0 unspecified atom stereocenters. The predicted octanol–water partition coefficient (Wildman–Crippen LogP) is 1.63. The van der Waals surface area contributed by atoms with Crippen LogP contribution >= 0.6 is 0 Å². The number of hydrogen-bond donors (Lipinski definition) is 1. The first-order valence-electron chi connectivity index (χ1n) is 9.43. The summed E-state index contributed by atoms with van der Waals surface area (Å²) in [5.74, 6) is -0.262. The Morgan fingerprint density at radius 1 is 0.963 bits per heavy atom. The van der Waals surface area contributed by atoms with Gasteiger partial charge in [0.2, 0.25) is 21.8 Å². The van der Waals surface area contributed by atoms with E-state index in [1.807, 2.05) is 13.8 Å². The molecule has 2 amide bonds. The van der Waals surface area contributed by atoms with Gasteiger partial charge in [-0.15, -0.1) is 0 Å². The lowest BCUT2D eigenvalue weighted by molar-refractivity contribution is -0.135. The average molecular weight is 398 g/mol. The van der Waals surface area contributed by atoms with Gasteiger partial charge in [0, 0.05) is 32.6 Å². The number of likely N-dealkylation sites (N-methyl/N-ethyl adjacent to an activating group) is 2. The number of hydrogen-bond acceptors (Lipinski definition) is 4. The Kier molecular flexibility index (Phi) is 9.45. The Morgan fingerprint density at radius 3 is 2.04 bits per heavy atom. The molecule has 0 heterocycles. The Balaban J connectivity index is 2.70. The Bertz CT molecular complexity index is 713. The van der Waals surface area contributed by atoms with E-state index >= 15 is 0 Å². The fourth-order valence-electron chi connectivity index (χ4n) is 2.75. The number of nitrogens with zero attached hydrogens (tertiary/aromatic N) is 2. The predicted molar refractivity (Wildman–Crippen MR) is 106 cm³/mol. The molecular formula is C19H31N3O4S. The van der Waals surface area contributed by atoms with Crippen molar-refractivity contribution in [3.8, 4) is 0 Å². The van der Waals surface area contributed by atoms with E-state index in [0.29, 0.717) is 32.6 Å². The number of nitrogens with one attached hydrogen (secondary N) is 1. The Morgan fingerprint density at radius 2 is 1.56 bits per heavy atom. The highest BCUT2D eigenvalue weighted by Gasteiger charge is 2.21. The van der Waals surface area contributed by atoms with Gasteiger partial charge in [-0.3, -0.25) is 9.59 Å². The summed E-state index contributed by atoms with van der Waals surface area (Å²) in [6.07, 6.45) is 0.770. The zero-order valence-electron chi connectivity index (χ0n) is 16.7. The molecular weight excluding hydrogens is 366 g/mol. The molecule has 0 aliphatic rings. The lowest BCUT2D eigenvalue weighted by Gasteiger charge is -2.20. The van der Waals surface area contributed by atoms with E-state index in [1.165, 1.54) is 9.21 Å². The van der Waals surface area contributed by atoms with E-state index in [-0.39, 0.29) is 29.7 Å². The van der Waals surface area contributed by atoms with E-state index in [9.17, 15) is 18.0 Å². The minimum Gasteiger partial charge on any atom is -0.355 e. The molecule has 0 bridgehead atoms. The molecule has 0 aromatic heterocycles. The van der Waals surface area contributed by atoms with Crippen LogP contribution in [0.5, 0.6) is 0 Å². The topological polar surface area (TPSA) is 86.8 Å². The van der Waals surface area contributed by atoms with Crippen molar-refractivity contribution in [2.24, 2.45) is 0 Å². The molecule has 7 nitrogen and oxygen atoms in total. The molecule has 0 radical (unpaired) electrons. The highest BCUT2D eigenvalue weighted by Crippen LogP contribution is 2.17. The smallest absolute Gasteiger partial charge is 0.243 e. The van der Waals surface area contributed by atoms with Gasteiger partial charge in [0.25, 0.3) is 0 Å². The quantitative estimate of drug-likeness (QED) is 0.615. The lowest BCUT2D eigenvalue weighted by Crippen LogP contribution is -2.40. The van der Waals surface area contributed by atoms with E-state index in [1.54, 1.807) is 38.1 Å². The van der Waals surface area contributed by atoms with Crippen molar-refractivity contribution < 1.29 is 18.0 Å². The molecule has 152 valence electrons. The van der Waals surface area contributed by atoms with Crippen LogP contribution in [0, 0.1) is 0 Å². The molecule has 0 fully saturated rings. The Labute approximate surface area is 162 Å². The van der Waals surface area contributed by atoms with Gasteiger partial charge in [0.05, 0.1) is 11.4 Å². The largest absolute Gasteiger partial charge is 0.355 e. The van der Waals surface area contributed by atoms with Crippen molar-refractivity contribution in [2.75, 3.05) is 32.7 Å². The maximum absolute atomic E-state index is 12.5. The minimum absolute atomic E-state index is 0.0597. The molecule has 0 spiro atoms. The van der Waals surface area contributed by atoms with Gasteiger partial charge in [0.1, 0.15) is 0 Å². The van der Waals surface area contributed by atoms with Gasteiger partial charge >= 0.3 is 0 Å². The van der Waals surface area contributed by atoms with Crippen LogP contribution in [-0.2, 0) is 26.0 Å². The molecule has 0 atom stereocenters. The zero-order chi connectivity index (χ0) is 20.4. The van der Waals surface area contributed by atoms with Crippen LogP contribution in [0.15, 0.2) is 29.2 Å². The third-order valence-electron chi connectivity index (χ3n) is 4.34. The molecule has 1 aromatic rings. The molecule has 1 rings (SSSR count). The van der Waals surface area contributed by atoms with Crippen LogP contribution in [0.3, 0.4) is 0 Å². The molecule has 0 saturated heterocycles. The number of amides is 2. The molecule has 1 N–H and O–H groups in total. The molecule has 1 aromatic carbocycles. The molecule has 0 aliphatic carbocycles.